The number of Topliss-reactive ketones (excluding diaryl/α,β-unsaturated/α-hetero) is 1. The van der Waals surface area contributed by atoms with E-state index in [0.29, 0.717) is 29.1 Å². The van der Waals surface area contributed by atoms with Gasteiger partial charge in [-0.2, -0.15) is 5.26 Å². The van der Waals surface area contributed by atoms with Gasteiger partial charge in [-0.3, -0.25) is 9.00 Å². The molecule has 0 spiro atoms. The number of unbranched alkanes of at least 4 members (excludes halogenated alkanes) is 2. The Kier molecular flexibility index (Phi) is 4.33. The van der Waals surface area contributed by atoms with Crippen molar-refractivity contribution < 1.29 is 9.00 Å². The molecule has 94 valence electrons. The van der Waals surface area contributed by atoms with Crippen LogP contribution in [0.25, 0.3) is 0 Å². The van der Waals surface area contributed by atoms with Crippen LogP contribution in [0.5, 0.6) is 0 Å². The van der Waals surface area contributed by atoms with E-state index in [1.165, 1.54) is 0 Å². The molecule has 2 aliphatic heterocycles. The van der Waals surface area contributed by atoms with Gasteiger partial charge in [0.15, 0.2) is 0 Å². The maximum Gasteiger partial charge on any atom is 0.136 e. The molecule has 0 aromatic rings. The summed E-state index contributed by atoms with van der Waals surface area (Å²) in [7, 11) is -0.660. The Morgan fingerprint density at radius 1 is 1.24 bits per heavy atom. The summed E-state index contributed by atoms with van der Waals surface area (Å²) in [5.74, 6) is 0.504. The molecular formula is C13H19NO2S. The quantitative estimate of drug-likeness (QED) is 0.706. The molecule has 0 saturated carbocycles. The number of nitrogens with zero attached hydrogens (tertiary/aromatic N) is 1. The van der Waals surface area contributed by atoms with Crippen LogP contribution in [0.15, 0.2) is 0 Å². The smallest absolute Gasteiger partial charge is 0.136 e. The van der Waals surface area contributed by atoms with Gasteiger partial charge in [-0.1, -0.05) is 0 Å². The van der Waals surface area contributed by atoms with Crippen molar-refractivity contribution >= 4 is 16.6 Å². The molecule has 0 aromatic carbocycles. The molecule has 2 heterocycles. The largest absolute Gasteiger partial charge is 0.299 e. The predicted octanol–water partition coefficient (Wildman–Crippen LogP) is 2.33. The minimum Gasteiger partial charge on any atom is -0.299 e. The van der Waals surface area contributed by atoms with Crippen molar-refractivity contribution in [3.05, 3.63) is 0 Å². The van der Waals surface area contributed by atoms with Gasteiger partial charge in [-0.15, -0.1) is 0 Å². The fourth-order valence-electron chi connectivity index (χ4n) is 3.00. The Balaban J connectivity index is 1.78. The minimum atomic E-state index is -0.660. The third-order valence-electron chi connectivity index (χ3n) is 3.98. The molecule has 0 aromatic heterocycles. The van der Waals surface area contributed by atoms with Crippen LogP contribution < -0.4 is 0 Å². The van der Waals surface area contributed by atoms with Crippen molar-refractivity contribution in [1.29, 1.82) is 5.26 Å². The molecule has 0 amide bonds. The molecule has 2 bridgehead atoms. The van der Waals surface area contributed by atoms with E-state index in [-0.39, 0.29) is 5.92 Å². The predicted molar refractivity (Wildman–Crippen MR) is 66.8 cm³/mol. The molecular weight excluding hydrogens is 234 g/mol. The molecule has 0 aliphatic carbocycles. The van der Waals surface area contributed by atoms with Gasteiger partial charge in [-0.05, 0) is 38.5 Å². The lowest BCUT2D eigenvalue weighted by molar-refractivity contribution is -0.123. The Morgan fingerprint density at radius 3 is 2.47 bits per heavy atom. The van der Waals surface area contributed by atoms with Crippen LogP contribution >= 0.6 is 0 Å². The first-order valence-electron chi connectivity index (χ1n) is 6.51. The molecule has 2 aliphatic rings. The number of rotatable bonds is 5. The summed E-state index contributed by atoms with van der Waals surface area (Å²) in [5, 5.41) is 9.01. The van der Waals surface area contributed by atoms with Crippen molar-refractivity contribution in [3.63, 3.8) is 0 Å². The maximum absolute atomic E-state index is 12.0. The van der Waals surface area contributed by atoms with Crippen LogP contribution in [0.2, 0.25) is 0 Å². The fraction of sp³-hybridized carbons (Fsp3) is 0.846. The van der Waals surface area contributed by atoms with Crippen molar-refractivity contribution in [2.24, 2.45) is 5.92 Å². The first-order valence-corrected chi connectivity index (χ1v) is 7.79. The molecule has 2 saturated heterocycles. The second-order valence-electron chi connectivity index (χ2n) is 5.15. The van der Waals surface area contributed by atoms with Gasteiger partial charge in [0, 0.05) is 40.1 Å². The van der Waals surface area contributed by atoms with Crippen molar-refractivity contribution in [1.82, 2.24) is 0 Å². The highest BCUT2D eigenvalue weighted by Crippen LogP contribution is 2.39. The van der Waals surface area contributed by atoms with Crippen molar-refractivity contribution in [2.45, 2.75) is 61.9 Å². The van der Waals surface area contributed by atoms with Crippen LogP contribution in [0.3, 0.4) is 0 Å². The first-order chi connectivity index (χ1) is 8.22. The highest BCUT2D eigenvalue weighted by Gasteiger charge is 2.42. The second kappa shape index (κ2) is 5.77. The van der Waals surface area contributed by atoms with E-state index >= 15 is 0 Å². The third-order valence-corrected chi connectivity index (χ3v) is 6.15. The highest BCUT2D eigenvalue weighted by molar-refractivity contribution is 7.86. The lowest BCUT2D eigenvalue weighted by Gasteiger charge is -2.26. The van der Waals surface area contributed by atoms with Crippen LogP contribution in [0.1, 0.15) is 51.4 Å². The molecule has 4 heteroatoms. The average Bonchev–Trinajstić information content (AvgIpc) is 2.57. The molecule has 2 unspecified atom stereocenters. The van der Waals surface area contributed by atoms with Gasteiger partial charge in [0.2, 0.25) is 0 Å². The summed E-state index contributed by atoms with van der Waals surface area (Å²) in [5.41, 5.74) is 0. The normalized spacial score (nSPS) is 35.5. The van der Waals surface area contributed by atoms with Crippen molar-refractivity contribution in [3.8, 4) is 6.07 Å². The van der Waals surface area contributed by atoms with Gasteiger partial charge in [0.05, 0.1) is 6.07 Å². The standard InChI is InChI=1S/C13H19NO2S/c14-7-3-1-2-4-13(15)10-8-11-5-6-12(9-10)17(11)16/h10-12H,1-6,8-9H2. The molecule has 3 nitrogen and oxygen atoms in total. The van der Waals surface area contributed by atoms with Crippen LogP contribution in [0.4, 0.5) is 0 Å². The second-order valence-corrected chi connectivity index (χ2v) is 7.14. The van der Waals surface area contributed by atoms with Crippen LogP contribution in [0, 0.1) is 17.2 Å². The molecule has 0 radical (unpaired) electrons. The summed E-state index contributed by atoms with van der Waals surface area (Å²) in [6.07, 6.45) is 6.62. The van der Waals surface area contributed by atoms with Crippen molar-refractivity contribution in [2.75, 3.05) is 0 Å². The van der Waals surface area contributed by atoms with Gasteiger partial charge >= 0.3 is 0 Å². The summed E-state index contributed by atoms with van der Waals surface area (Å²) in [4.78, 5) is 12.0. The molecule has 2 rings (SSSR count). The minimum absolute atomic E-state index is 0.160. The summed E-state index contributed by atoms with van der Waals surface area (Å²) in [6.45, 7) is 0. The Morgan fingerprint density at radius 2 is 1.88 bits per heavy atom. The number of hydrogen-bond donors (Lipinski definition) is 0. The number of carbonyl (C=O) groups excluding carboxylic acids is 1. The van der Waals surface area contributed by atoms with Gasteiger partial charge in [-0.25, -0.2) is 0 Å². The van der Waals surface area contributed by atoms with E-state index in [9.17, 15) is 9.00 Å². The van der Waals surface area contributed by atoms with E-state index in [2.05, 4.69) is 6.07 Å². The first kappa shape index (κ1) is 12.8. The van der Waals surface area contributed by atoms with E-state index in [4.69, 9.17) is 5.26 Å². The van der Waals surface area contributed by atoms with Gasteiger partial charge in [0.25, 0.3) is 0 Å². The van der Waals surface area contributed by atoms with E-state index in [1.807, 2.05) is 0 Å². The van der Waals surface area contributed by atoms with E-state index < -0.39 is 10.8 Å². The van der Waals surface area contributed by atoms with Crippen LogP contribution in [-0.2, 0) is 15.6 Å². The summed E-state index contributed by atoms with van der Waals surface area (Å²) < 4.78 is 11.8. The zero-order valence-corrected chi connectivity index (χ0v) is 10.9. The highest BCUT2D eigenvalue weighted by atomic mass is 32.2. The molecule has 17 heavy (non-hydrogen) atoms. The molecule has 2 atom stereocenters. The topological polar surface area (TPSA) is 57.9 Å². The summed E-state index contributed by atoms with van der Waals surface area (Å²) >= 11 is 0. The lowest BCUT2D eigenvalue weighted by Crippen LogP contribution is -2.32. The monoisotopic (exact) mass is 253 g/mol. The fourth-order valence-corrected chi connectivity index (χ4v) is 5.13. The number of carbonyl (C=O) groups is 1. The summed E-state index contributed by atoms with van der Waals surface area (Å²) in [6, 6.07) is 2.10. The molecule has 2 fully saturated rings. The van der Waals surface area contributed by atoms with Gasteiger partial charge < -0.3 is 0 Å². The SMILES string of the molecule is N#CCCCCC(=O)C1CC2CCC(C1)S2=O. The maximum atomic E-state index is 12.0. The van der Waals surface area contributed by atoms with Gasteiger partial charge in [0.1, 0.15) is 5.78 Å². The molecule has 0 N–H and O–H groups in total. The van der Waals surface area contributed by atoms with E-state index in [1.54, 1.807) is 0 Å². The zero-order valence-electron chi connectivity index (χ0n) is 10.1. The Labute approximate surface area is 105 Å². The average molecular weight is 253 g/mol. The number of nitriles is 1. The van der Waals surface area contributed by atoms with Crippen LogP contribution in [-0.4, -0.2) is 20.5 Å². The Hall–Kier alpha value is -0.690. The number of fused-ring (bicyclic) bond motifs is 2. The zero-order chi connectivity index (χ0) is 12.3. The van der Waals surface area contributed by atoms with E-state index in [0.717, 1.165) is 38.5 Å². The lowest BCUT2D eigenvalue weighted by atomic mass is 9.91. The third kappa shape index (κ3) is 2.95. The Bertz CT molecular complexity index is 345. The number of hydrogen-bond acceptors (Lipinski definition) is 3. The number of ketones is 1.